The average molecular weight is 387 g/mol. The summed E-state index contributed by atoms with van der Waals surface area (Å²) in [4.78, 5) is 10.3. The lowest BCUT2D eigenvalue weighted by atomic mass is 10.1. The Morgan fingerprint density at radius 1 is 0.818 bits per heavy atom. The van der Waals surface area contributed by atoms with Gasteiger partial charge in [0.2, 0.25) is 5.69 Å². The van der Waals surface area contributed by atoms with Crippen LogP contribution in [0.4, 0.5) is 0 Å². The Bertz CT molecular complexity index is 325. The highest BCUT2D eigenvalue weighted by atomic mass is 33.2. The third-order valence-corrected chi connectivity index (χ3v) is 12.9. The molecule has 22 heavy (non-hydrogen) atoms. The van der Waals surface area contributed by atoms with E-state index in [0.29, 0.717) is 6.61 Å². The monoisotopic (exact) mass is 386 g/mol. The van der Waals surface area contributed by atoms with Crippen LogP contribution in [0.3, 0.4) is 0 Å². The minimum atomic E-state index is -2.73. The van der Waals surface area contributed by atoms with Gasteiger partial charge in [0.25, 0.3) is 0 Å². The van der Waals surface area contributed by atoms with Crippen molar-refractivity contribution < 1.29 is 9.42 Å². The molecule has 0 rings (SSSR count). The molecule has 0 saturated heterocycles. The summed E-state index contributed by atoms with van der Waals surface area (Å²) in [6, 6.07) is 0. The van der Waals surface area contributed by atoms with E-state index >= 15 is 0 Å². The molecule has 2 nitrogen and oxygen atoms in total. The molecule has 1 N–H and O–H groups in total. The zero-order chi connectivity index (χ0) is 16.7. The van der Waals surface area contributed by atoms with Crippen LogP contribution in [0.15, 0.2) is 0 Å². The van der Waals surface area contributed by atoms with E-state index in [4.69, 9.17) is 27.5 Å². The maximum atomic E-state index is 10.3. The summed E-state index contributed by atoms with van der Waals surface area (Å²) in [6.45, 7) is 5.03. The molecule has 6 heteroatoms. The lowest BCUT2D eigenvalue weighted by molar-refractivity contribution is 0.307. The van der Waals surface area contributed by atoms with Crippen LogP contribution < -0.4 is 0 Å². The Labute approximate surface area is 150 Å². The molecule has 0 aliphatic heterocycles. The molecule has 0 aliphatic rings. The highest BCUT2D eigenvalue weighted by Gasteiger charge is 2.18. The van der Waals surface area contributed by atoms with Crippen molar-refractivity contribution in [3.05, 3.63) is 0 Å². The molecule has 0 aliphatic carbocycles. The second kappa shape index (κ2) is 15.7. The van der Waals surface area contributed by atoms with Crippen LogP contribution in [0, 0.1) is 0 Å². The maximum absolute atomic E-state index is 10.3. The van der Waals surface area contributed by atoms with Crippen LogP contribution in [0.1, 0.15) is 90.9 Å². The van der Waals surface area contributed by atoms with Gasteiger partial charge < -0.3 is 9.42 Å². The van der Waals surface area contributed by atoms with Crippen LogP contribution in [0.2, 0.25) is 0 Å². The van der Waals surface area contributed by atoms with E-state index in [2.05, 4.69) is 13.8 Å². The predicted octanol–water partition coefficient (Wildman–Crippen LogP) is 6.02. The van der Waals surface area contributed by atoms with Crippen molar-refractivity contribution in [3.63, 3.8) is 0 Å². The summed E-state index contributed by atoms with van der Waals surface area (Å²) < 4.78 is 5.58. The molecule has 2 atom stereocenters. The van der Waals surface area contributed by atoms with Crippen LogP contribution in [0.25, 0.3) is 0 Å². The van der Waals surface area contributed by atoms with E-state index in [0.717, 1.165) is 25.0 Å². The fourth-order valence-corrected chi connectivity index (χ4v) is 6.69. The first-order chi connectivity index (χ1) is 10.5. The number of hydrogen-bond acceptors (Lipinski definition) is 3. The standard InChI is InChI=1S/C16H35O2PS3/c1-3-5-7-9-11-13-15-18-19(17,20)22(21)16-14-12-10-8-6-4-2/h3-16H2,1-2H3,(H,17,20). The zero-order valence-corrected chi connectivity index (χ0v) is 17.8. The molecule has 0 aromatic heterocycles. The number of hydrogen-bond donors (Lipinski definition) is 1. The molecule has 0 aromatic carbocycles. The Morgan fingerprint density at radius 3 is 1.82 bits per heavy atom. The van der Waals surface area contributed by atoms with Gasteiger partial charge in [-0.25, -0.2) is 0 Å². The predicted molar refractivity (Wildman–Crippen MR) is 109 cm³/mol. The first-order valence-corrected chi connectivity index (χ1v) is 14.5. The fraction of sp³-hybridized carbons (Fsp3) is 1.00. The van der Waals surface area contributed by atoms with Gasteiger partial charge in [-0.15, -0.1) is 0 Å². The molecule has 134 valence electrons. The lowest BCUT2D eigenvalue weighted by Crippen LogP contribution is -2.02. The third kappa shape index (κ3) is 13.6. The van der Waals surface area contributed by atoms with Crippen molar-refractivity contribution in [2.24, 2.45) is 0 Å². The topological polar surface area (TPSA) is 29.5 Å². The summed E-state index contributed by atoms with van der Waals surface area (Å²) >= 11 is 10.7. The van der Waals surface area contributed by atoms with Gasteiger partial charge in [-0.1, -0.05) is 78.1 Å². The third-order valence-electron chi connectivity index (χ3n) is 3.68. The van der Waals surface area contributed by atoms with Gasteiger partial charge in [-0.05, 0) is 44.9 Å². The Hall–Kier alpha value is 1.14. The normalized spacial score (nSPS) is 15.6. The molecule has 0 amide bonds. The van der Waals surface area contributed by atoms with Gasteiger partial charge in [0.15, 0.2) is 0 Å². The first kappa shape index (κ1) is 23.1. The van der Waals surface area contributed by atoms with Crippen LogP contribution in [0.5, 0.6) is 0 Å². The summed E-state index contributed by atoms with van der Waals surface area (Å²) in [5.41, 5.74) is -2.73. The van der Waals surface area contributed by atoms with Gasteiger partial charge >= 0.3 is 0 Å². The Kier molecular flexibility index (Phi) is 16.5. The van der Waals surface area contributed by atoms with Crippen molar-refractivity contribution in [1.82, 2.24) is 0 Å². The Balaban J connectivity index is 3.64. The first-order valence-electron chi connectivity index (χ1n) is 8.91. The molecule has 0 heterocycles. The SMILES string of the molecule is CCCCCCCCOP(O)(=S)S(=S)CCCCCCCC. The summed E-state index contributed by atoms with van der Waals surface area (Å²) in [7, 11) is -0.555. The zero-order valence-electron chi connectivity index (χ0n) is 14.4. The summed E-state index contributed by atoms with van der Waals surface area (Å²) in [5, 5.41) is 0. The van der Waals surface area contributed by atoms with Gasteiger partial charge in [0, 0.05) is 5.75 Å². The van der Waals surface area contributed by atoms with Crippen molar-refractivity contribution in [3.8, 4) is 0 Å². The smallest absolute Gasteiger partial charge is 0.248 e. The van der Waals surface area contributed by atoms with Gasteiger partial charge in [-0.2, -0.15) is 0 Å². The van der Waals surface area contributed by atoms with E-state index in [1.165, 1.54) is 57.8 Å². The molecular formula is C16H35O2PS3. The van der Waals surface area contributed by atoms with E-state index in [9.17, 15) is 4.89 Å². The number of unbranched alkanes of at least 4 members (excludes halogenated alkanes) is 10. The molecule has 0 aromatic rings. The van der Waals surface area contributed by atoms with E-state index in [1.807, 2.05) is 0 Å². The minimum Gasteiger partial charge on any atom is -0.337 e. The highest BCUT2D eigenvalue weighted by molar-refractivity contribution is 8.74. The molecule has 0 radical (unpaired) electrons. The summed E-state index contributed by atoms with van der Waals surface area (Å²) in [5.74, 6) is 0.853. The van der Waals surface area contributed by atoms with Crippen LogP contribution in [-0.4, -0.2) is 17.3 Å². The molecule has 0 bridgehead atoms. The van der Waals surface area contributed by atoms with Crippen LogP contribution >= 0.6 is 5.69 Å². The Morgan fingerprint density at radius 2 is 1.27 bits per heavy atom. The molecule has 2 unspecified atom stereocenters. The van der Waals surface area contributed by atoms with Gasteiger partial charge in [-0.3, -0.25) is 0 Å². The van der Waals surface area contributed by atoms with Crippen molar-refractivity contribution in [1.29, 1.82) is 0 Å². The minimum absolute atomic E-state index is 0.555. The average Bonchev–Trinajstić information content (AvgIpc) is 2.49. The van der Waals surface area contributed by atoms with Crippen molar-refractivity contribution >= 4 is 37.8 Å². The molecule has 0 spiro atoms. The van der Waals surface area contributed by atoms with Gasteiger partial charge in [0.05, 0.1) is 6.61 Å². The quantitative estimate of drug-likeness (QED) is 0.259. The fourth-order valence-electron chi connectivity index (χ4n) is 2.24. The maximum Gasteiger partial charge on any atom is 0.248 e. The van der Waals surface area contributed by atoms with Crippen molar-refractivity contribution in [2.75, 3.05) is 12.4 Å². The number of rotatable bonds is 16. The molecule has 0 fully saturated rings. The lowest BCUT2D eigenvalue weighted by Gasteiger charge is -2.17. The van der Waals surface area contributed by atoms with E-state index in [1.54, 1.807) is 0 Å². The van der Waals surface area contributed by atoms with E-state index in [-0.39, 0.29) is 0 Å². The molecule has 0 saturated carbocycles. The van der Waals surface area contributed by atoms with Crippen LogP contribution in [-0.2, 0) is 36.6 Å². The van der Waals surface area contributed by atoms with Gasteiger partial charge in [0.1, 0.15) is 0 Å². The largest absolute Gasteiger partial charge is 0.337 e. The second-order valence-corrected chi connectivity index (χ2v) is 15.0. The highest BCUT2D eigenvalue weighted by Crippen LogP contribution is 2.47. The van der Waals surface area contributed by atoms with Crippen molar-refractivity contribution in [2.45, 2.75) is 90.9 Å². The second-order valence-electron chi connectivity index (χ2n) is 5.86. The molecular weight excluding hydrogens is 351 g/mol. The van der Waals surface area contributed by atoms with E-state index < -0.39 is 14.8 Å². The summed E-state index contributed by atoms with van der Waals surface area (Å²) in [6.07, 6.45) is 14.7.